The van der Waals surface area contributed by atoms with Gasteiger partial charge in [-0.05, 0) is 46.1 Å². The van der Waals surface area contributed by atoms with E-state index in [0.29, 0.717) is 50.4 Å². The Balaban J connectivity index is 1.65. The summed E-state index contributed by atoms with van der Waals surface area (Å²) in [5, 5.41) is 32.3. The van der Waals surface area contributed by atoms with E-state index in [1.807, 2.05) is 42.8 Å². The second-order valence-electron chi connectivity index (χ2n) is 11.6. The fourth-order valence-corrected chi connectivity index (χ4v) is 5.61. The second kappa shape index (κ2) is 11.0. The summed E-state index contributed by atoms with van der Waals surface area (Å²) >= 11 is 0. The van der Waals surface area contributed by atoms with Crippen molar-refractivity contribution in [1.82, 2.24) is 19.6 Å². The van der Waals surface area contributed by atoms with E-state index >= 15 is 0 Å². The van der Waals surface area contributed by atoms with E-state index in [2.05, 4.69) is 0 Å². The number of hydrogen-bond donors (Lipinski definition) is 4. The van der Waals surface area contributed by atoms with Gasteiger partial charge in [0, 0.05) is 56.3 Å². The first kappa shape index (κ1) is 28.6. The number of β-amino-alcohol motifs (C(OH)–C–C–N with tert-alkyl or cyclic N) is 1. The highest BCUT2D eigenvalue weighted by molar-refractivity contribution is 5.94. The number of nitrogen functional groups attached to an aromatic ring is 1. The molecule has 1 aromatic carbocycles. The minimum absolute atomic E-state index is 0.00409. The summed E-state index contributed by atoms with van der Waals surface area (Å²) in [6.07, 6.45) is 0.837. The molecule has 212 valence electrons. The molecular formula is C28H41N7O4. The normalized spacial score (nSPS) is 21.5. The Morgan fingerprint density at radius 2 is 1.87 bits per heavy atom. The van der Waals surface area contributed by atoms with Crippen molar-refractivity contribution >= 4 is 23.6 Å². The third-order valence-electron chi connectivity index (χ3n) is 8.13. The molecule has 3 heterocycles. The number of carbonyl (C=O) groups excluding carboxylic acids is 2. The smallest absolute Gasteiger partial charge is 0.320 e. The summed E-state index contributed by atoms with van der Waals surface area (Å²) in [4.78, 5) is 32.3. The van der Waals surface area contributed by atoms with Gasteiger partial charge in [0.05, 0.1) is 23.8 Å². The molecule has 5 N–H and O–H groups in total. The van der Waals surface area contributed by atoms with Crippen LogP contribution in [0.25, 0.3) is 0 Å². The maximum Gasteiger partial charge on any atom is 0.320 e. The Morgan fingerprint density at radius 3 is 2.44 bits per heavy atom. The average molecular weight is 540 g/mol. The van der Waals surface area contributed by atoms with Gasteiger partial charge in [-0.3, -0.25) is 10.2 Å². The standard InChI is InChI=1S/C28H41N7O4/c1-17-23(22-11-13-34(18(22)2)27(39)33-12-10-21(37)15-33)31-35(26(38)28(3,4)16-36)25(17)32(5)14-19-6-8-20(9-7-19)24(29)30/h6-9,18,21-22,36-37H,10-16H2,1-5H3,(H3,29,30). The molecule has 0 saturated carbocycles. The lowest BCUT2D eigenvalue weighted by atomic mass is 9.93. The fourth-order valence-electron chi connectivity index (χ4n) is 5.61. The number of hydrogen-bond acceptors (Lipinski definition) is 7. The zero-order valence-corrected chi connectivity index (χ0v) is 23.5. The number of rotatable bonds is 7. The van der Waals surface area contributed by atoms with Crippen LogP contribution in [-0.4, -0.2) is 93.0 Å². The van der Waals surface area contributed by atoms with Crippen LogP contribution in [0.2, 0.25) is 0 Å². The summed E-state index contributed by atoms with van der Waals surface area (Å²) in [7, 11) is 1.90. The molecule has 2 fully saturated rings. The van der Waals surface area contributed by atoms with E-state index in [0.717, 1.165) is 16.8 Å². The first-order valence-electron chi connectivity index (χ1n) is 13.5. The Hall–Kier alpha value is -3.44. The van der Waals surface area contributed by atoms with Crippen LogP contribution in [0.5, 0.6) is 0 Å². The molecular weight excluding hydrogens is 498 g/mol. The number of benzene rings is 1. The van der Waals surface area contributed by atoms with Crippen molar-refractivity contribution in [2.24, 2.45) is 11.1 Å². The van der Waals surface area contributed by atoms with Crippen LogP contribution < -0.4 is 10.6 Å². The lowest BCUT2D eigenvalue weighted by Crippen LogP contribution is -2.44. The lowest BCUT2D eigenvalue weighted by Gasteiger charge is -2.29. The van der Waals surface area contributed by atoms with Gasteiger partial charge in [0.1, 0.15) is 11.7 Å². The first-order chi connectivity index (χ1) is 18.4. The Labute approximate surface area is 229 Å². The Kier molecular flexibility index (Phi) is 8.04. The van der Waals surface area contributed by atoms with E-state index in [1.165, 1.54) is 4.68 Å². The number of aliphatic hydroxyl groups is 2. The minimum Gasteiger partial charge on any atom is -0.395 e. The van der Waals surface area contributed by atoms with Crippen LogP contribution in [0.1, 0.15) is 66.7 Å². The van der Waals surface area contributed by atoms with Crippen LogP contribution in [0.4, 0.5) is 10.6 Å². The van der Waals surface area contributed by atoms with Crippen LogP contribution in [0.3, 0.4) is 0 Å². The lowest BCUT2D eigenvalue weighted by molar-refractivity contribution is 0.0614. The second-order valence-corrected chi connectivity index (χ2v) is 11.6. The number of urea groups is 1. The molecule has 39 heavy (non-hydrogen) atoms. The first-order valence-corrected chi connectivity index (χ1v) is 13.5. The molecule has 2 aromatic rings. The molecule has 3 atom stereocenters. The highest BCUT2D eigenvalue weighted by Gasteiger charge is 2.42. The molecule has 1 aromatic heterocycles. The highest BCUT2D eigenvalue weighted by atomic mass is 16.3. The number of nitrogens with two attached hydrogens (primary N) is 1. The summed E-state index contributed by atoms with van der Waals surface area (Å²) in [5.74, 6) is 0.281. The van der Waals surface area contributed by atoms with Gasteiger partial charge >= 0.3 is 6.03 Å². The Morgan fingerprint density at radius 1 is 1.21 bits per heavy atom. The number of amidine groups is 1. The predicted molar refractivity (Wildman–Crippen MR) is 149 cm³/mol. The molecule has 2 amide bonds. The van der Waals surface area contributed by atoms with Crippen molar-refractivity contribution < 1.29 is 19.8 Å². The maximum absolute atomic E-state index is 13.6. The number of anilines is 1. The molecule has 11 heteroatoms. The van der Waals surface area contributed by atoms with Gasteiger partial charge < -0.3 is 30.6 Å². The quantitative estimate of drug-likeness (QED) is 0.311. The van der Waals surface area contributed by atoms with Gasteiger partial charge in [-0.1, -0.05) is 24.3 Å². The predicted octanol–water partition coefficient (Wildman–Crippen LogP) is 2.14. The molecule has 4 rings (SSSR count). The van der Waals surface area contributed by atoms with Gasteiger partial charge in [-0.25, -0.2) is 4.79 Å². The monoisotopic (exact) mass is 539 g/mol. The highest BCUT2D eigenvalue weighted by Crippen LogP contribution is 2.39. The molecule has 0 aliphatic carbocycles. The number of nitrogens with one attached hydrogen (secondary N) is 1. The zero-order chi connectivity index (χ0) is 28.6. The van der Waals surface area contributed by atoms with Crippen LogP contribution in [0, 0.1) is 17.7 Å². The topological polar surface area (TPSA) is 152 Å². The van der Waals surface area contributed by atoms with E-state index < -0.39 is 11.5 Å². The minimum atomic E-state index is -1.03. The van der Waals surface area contributed by atoms with Crippen molar-refractivity contribution in [3.63, 3.8) is 0 Å². The van der Waals surface area contributed by atoms with Crippen molar-refractivity contribution in [2.75, 3.05) is 38.2 Å². The van der Waals surface area contributed by atoms with Gasteiger partial charge in [-0.15, -0.1) is 0 Å². The molecule has 0 bridgehead atoms. The van der Waals surface area contributed by atoms with Crippen LogP contribution >= 0.6 is 0 Å². The van der Waals surface area contributed by atoms with Gasteiger partial charge in [0.25, 0.3) is 5.91 Å². The summed E-state index contributed by atoms with van der Waals surface area (Å²) in [5.41, 5.74) is 7.81. The van der Waals surface area contributed by atoms with E-state index in [1.54, 1.807) is 30.9 Å². The maximum atomic E-state index is 13.6. The van der Waals surface area contributed by atoms with Crippen molar-refractivity contribution in [2.45, 2.75) is 65.1 Å². The molecule has 3 unspecified atom stereocenters. The summed E-state index contributed by atoms with van der Waals surface area (Å²) in [6.45, 7) is 9.00. The zero-order valence-electron chi connectivity index (χ0n) is 23.5. The van der Waals surface area contributed by atoms with Crippen LogP contribution in [-0.2, 0) is 6.54 Å². The number of aliphatic hydroxyl groups excluding tert-OH is 2. The number of amides is 2. The largest absolute Gasteiger partial charge is 0.395 e. The van der Waals surface area contributed by atoms with Gasteiger partial charge in [0.15, 0.2) is 0 Å². The molecule has 2 aliphatic rings. The average Bonchev–Trinajstić information content (AvgIpc) is 3.59. The third kappa shape index (κ3) is 5.51. The van der Waals surface area contributed by atoms with Gasteiger partial charge in [0.2, 0.25) is 0 Å². The number of nitrogens with zero attached hydrogens (tertiary/aromatic N) is 5. The molecule has 0 spiro atoms. The van der Waals surface area contributed by atoms with Crippen molar-refractivity contribution in [3.05, 3.63) is 46.6 Å². The molecule has 2 aliphatic heterocycles. The number of carbonyl (C=O) groups is 2. The van der Waals surface area contributed by atoms with Crippen LogP contribution in [0.15, 0.2) is 24.3 Å². The SMILES string of the molecule is Cc1c(C2CCN(C(=O)N3CCC(O)C3)C2C)nn(C(=O)C(C)(C)CO)c1N(C)Cc1ccc(C(=N)N)cc1. The number of likely N-dealkylation sites (tertiary alicyclic amines) is 2. The Bertz CT molecular complexity index is 1240. The molecule has 11 nitrogen and oxygen atoms in total. The number of aromatic nitrogens is 2. The van der Waals surface area contributed by atoms with E-state index in [-0.39, 0.29) is 36.3 Å². The van der Waals surface area contributed by atoms with E-state index in [9.17, 15) is 19.8 Å². The van der Waals surface area contributed by atoms with E-state index in [4.69, 9.17) is 16.2 Å². The van der Waals surface area contributed by atoms with Crippen molar-refractivity contribution in [3.8, 4) is 0 Å². The molecule has 0 radical (unpaired) electrons. The molecule has 2 saturated heterocycles. The van der Waals surface area contributed by atoms with Gasteiger partial charge in [-0.2, -0.15) is 9.78 Å². The summed E-state index contributed by atoms with van der Waals surface area (Å²) in [6, 6.07) is 7.21. The van der Waals surface area contributed by atoms with Crippen molar-refractivity contribution in [1.29, 1.82) is 5.41 Å². The summed E-state index contributed by atoms with van der Waals surface area (Å²) < 4.78 is 1.42. The fraction of sp³-hybridized carbons (Fsp3) is 0.571. The third-order valence-corrected chi connectivity index (χ3v) is 8.13.